The van der Waals surface area contributed by atoms with Gasteiger partial charge in [-0.05, 0) is 46.3 Å². The van der Waals surface area contributed by atoms with Gasteiger partial charge in [0.05, 0.1) is 24.9 Å². The van der Waals surface area contributed by atoms with Crippen LogP contribution in [0.15, 0.2) is 52.0 Å². The average Bonchev–Trinajstić information content (AvgIpc) is 2.55. The number of hydrogen-bond donors (Lipinski definition) is 1. The van der Waals surface area contributed by atoms with E-state index in [1.54, 1.807) is 32.4 Å². The lowest BCUT2D eigenvalue weighted by atomic mass is 10.2. The Hall–Kier alpha value is -2.34. The van der Waals surface area contributed by atoms with Crippen LogP contribution < -0.4 is 14.9 Å². The third-order valence-corrected chi connectivity index (χ3v) is 3.54. The predicted octanol–water partition coefficient (Wildman–Crippen LogP) is 3.23. The first kappa shape index (κ1) is 16.0. The summed E-state index contributed by atoms with van der Waals surface area (Å²) in [5.74, 6) is 1.04. The van der Waals surface area contributed by atoms with Crippen molar-refractivity contribution in [3.63, 3.8) is 0 Å². The summed E-state index contributed by atoms with van der Waals surface area (Å²) >= 11 is 3.34. The second-order valence-corrected chi connectivity index (χ2v) is 5.14. The number of benzene rings is 2. The Kier molecular flexibility index (Phi) is 5.55. The van der Waals surface area contributed by atoms with Crippen molar-refractivity contribution in [2.45, 2.75) is 0 Å². The lowest BCUT2D eigenvalue weighted by Gasteiger charge is -2.05. The van der Waals surface area contributed by atoms with E-state index in [4.69, 9.17) is 9.47 Å². The van der Waals surface area contributed by atoms with Crippen LogP contribution in [0.4, 0.5) is 0 Å². The van der Waals surface area contributed by atoms with Gasteiger partial charge in [-0.25, -0.2) is 5.43 Å². The van der Waals surface area contributed by atoms with Gasteiger partial charge in [-0.2, -0.15) is 5.10 Å². The number of carbonyl (C=O) groups is 1. The van der Waals surface area contributed by atoms with Crippen molar-refractivity contribution < 1.29 is 14.3 Å². The number of para-hydroxylation sites is 1. The Morgan fingerprint density at radius 3 is 2.55 bits per heavy atom. The summed E-state index contributed by atoms with van der Waals surface area (Å²) in [6, 6.07) is 12.4. The summed E-state index contributed by atoms with van der Waals surface area (Å²) in [6.07, 6.45) is 1.54. The number of hydrazone groups is 1. The Balaban J connectivity index is 2.06. The molecular weight excluding hydrogens is 348 g/mol. The minimum absolute atomic E-state index is 0.311. The summed E-state index contributed by atoms with van der Waals surface area (Å²) in [7, 11) is 3.15. The smallest absolute Gasteiger partial charge is 0.271 e. The third kappa shape index (κ3) is 3.85. The number of halogens is 1. The minimum atomic E-state index is -0.311. The van der Waals surface area contributed by atoms with Crippen molar-refractivity contribution in [1.29, 1.82) is 0 Å². The molecule has 2 aromatic rings. The number of nitrogens with zero attached hydrogens (tertiary/aromatic N) is 1. The fraction of sp³-hybridized carbons (Fsp3) is 0.125. The van der Waals surface area contributed by atoms with Gasteiger partial charge in [0, 0.05) is 11.1 Å². The van der Waals surface area contributed by atoms with E-state index in [1.165, 1.54) is 6.21 Å². The molecule has 6 heteroatoms. The van der Waals surface area contributed by atoms with Crippen molar-refractivity contribution in [2.24, 2.45) is 5.10 Å². The second kappa shape index (κ2) is 7.61. The number of carbonyl (C=O) groups excluding carboxylic acids is 1. The van der Waals surface area contributed by atoms with Gasteiger partial charge in [-0.15, -0.1) is 0 Å². The molecule has 0 unspecified atom stereocenters. The Bertz CT molecular complexity index is 702. The van der Waals surface area contributed by atoms with Crippen LogP contribution in [0.1, 0.15) is 15.9 Å². The van der Waals surface area contributed by atoms with Crippen LogP contribution in [0, 0.1) is 0 Å². The first-order valence-electron chi connectivity index (χ1n) is 6.45. The maximum Gasteiger partial charge on any atom is 0.271 e. The van der Waals surface area contributed by atoms with Crippen molar-refractivity contribution in [2.75, 3.05) is 14.2 Å². The van der Waals surface area contributed by atoms with Crippen LogP contribution in [0.3, 0.4) is 0 Å². The molecule has 2 aromatic carbocycles. The predicted molar refractivity (Wildman–Crippen MR) is 88.7 cm³/mol. The molecule has 1 N–H and O–H groups in total. The van der Waals surface area contributed by atoms with Crippen LogP contribution >= 0.6 is 15.9 Å². The van der Waals surface area contributed by atoms with E-state index in [9.17, 15) is 4.79 Å². The summed E-state index contributed by atoms with van der Waals surface area (Å²) in [6.45, 7) is 0. The van der Waals surface area contributed by atoms with Crippen LogP contribution in [-0.2, 0) is 0 Å². The van der Waals surface area contributed by atoms with Crippen LogP contribution in [0.25, 0.3) is 0 Å². The SMILES string of the molecule is COc1ccc(C(=O)N/N=C/c2ccccc2OC)cc1Br. The number of methoxy groups -OCH3 is 2. The van der Waals surface area contributed by atoms with E-state index in [0.717, 1.165) is 5.56 Å². The zero-order valence-corrected chi connectivity index (χ0v) is 13.8. The fourth-order valence-electron chi connectivity index (χ4n) is 1.81. The van der Waals surface area contributed by atoms with Gasteiger partial charge >= 0.3 is 0 Å². The molecule has 5 nitrogen and oxygen atoms in total. The molecule has 0 heterocycles. The molecule has 0 saturated carbocycles. The van der Waals surface area contributed by atoms with Gasteiger partial charge < -0.3 is 9.47 Å². The first-order chi connectivity index (χ1) is 10.7. The molecule has 0 aliphatic carbocycles. The van der Waals surface area contributed by atoms with Gasteiger partial charge in [-0.1, -0.05) is 12.1 Å². The molecule has 0 fully saturated rings. The molecule has 2 rings (SSSR count). The molecule has 114 valence electrons. The van der Waals surface area contributed by atoms with Gasteiger partial charge in [0.25, 0.3) is 5.91 Å². The number of ether oxygens (including phenoxy) is 2. The highest BCUT2D eigenvalue weighted by Crippen LogP contribution is 2.25. The van der Waals surface area contributed by atoms with Crippen LogP contribution in [0.5, 0.6) is 11.5 Å². The molecule has 0 saturated heterocycles. The van der Waals surface area contributed by atoms with Gasteiger partial charge in [0.2, 0.25) is 0 Å². The summed E-state index contributed by atoms with van der Waals surface area (Å²) < 4.78 is 11.0. The maximum atomic E-state index is 12.0. The molecular formula is C16H15BrN2O3. The van der Waals surface area contributed by atoms with Gasteiger partial charge in [-0.3, -0.25) is 4.79 Å². The second-order valence-electron chi connectivity index (χ2n) is 4.29. The third-order valence-electron chi connectivity index (χ3n) is 2.92. The van der Waals surface area contributed by atoms with Crippen LogP contribution in [-0.4, -0.2) is 26.3 Å². The zero-order valence-electron chi connectivity index (χ0n) is 12.2. The van der Waals surface area contributed by atoms with E-state index in [0.29, 0.717) is 21.5 Å². The lowest BCUT2D eigenvalue weighted by molar-refractivity contribution is 0.0955. The molecule has 0 aliphatic heterocycles. The number of rotatable bonds is 5. The first-order valence-corrected chi connectivity index (χ1v) is 7.25. The quantitative estimate of drug-likeness (QED) is 0.656. The highest BCUT2D eigenvalue weighted by molar-refractivity contribution is 9.10. The molecule has 22 heavy (non-hydrogen) atoms. The van der Waals surface area contributed by atoms with Crippen molar-refractivity contribution >= 4 is 28.1 Å². The Morgan fingerprint density at radius 2 is 1.86 bits per heavy atom. The number of hydrogen-bond acceptors (Lipinski definition) is 4. The van der Waals surface area contributed by atoms with E-state index < -0.39 is 0 Å². The standard InChI is InChI=1S/C16H15BrN2O3/c1-21-14-6-4-3-5-12(14)10-18-19-16(20)11-7-8-15(22-2)13(17)9-11/h3-10H,1-2H3,(H,19,20)/b18-10+. The maximum absolute atomic E-state index is 12.0. The highest BCUT2D eigenvalue weighted by Gasteiger charge is 2.08. The Labute approximate surface area is 137 Å². The molecule has 0 bridgehead atoms. The summed E-state index contributed by atoms with van der Waals surface area (Å²) in [5, 5.41) is 3.95. The normalized spacial score (nSPS) is 10.5. The number of amides is 1. The zero-order chi connectivity index (χ0) is 15.9. The topological polar surface area (TPSA) is 59.9 Å². The highest BCUT2D eigenvalue weighted by atomic mass is 79.9. The van der Waals surface area contributed by atoms with Crippen molar-refractivity contribution in [3.8, 4) is 11.5 Å². The summed E-state index contributed by atoms with van der Waals surface area (Å²) in [4.78, 5) is 12.0. The van der Waals surface area contributed by atoms with Gasteiger partial charge in [0.15, 0.2) is 0 Å². The Morgan fingerprint density at radius 1 is 1.14 bits per heavy atom. The molecule has 0 aliphatic rings. The van der Waals surface area contributed by atoms with E-state index in [2.05, 4.69) is 26.5 Å². The molecule has 0 radical (unpaired) electrons. The molecule has 0 spiro atoms. The largest absolute Gasteiger partial charge is 0.496 e. The van der Waals surface area contributed by atoms with Crippen molar-refractivity contribution in [3.05, 3.63) is 58.1 Å². The monoisotopic (exact) mass is 362 g/mol. The van der Waals surface area contributed by atoms with Crippen LogP contribution in [0.2, 0.25) is 0 Å². The van der Waals surface area contributed by atoms with E-state index >= 15 is 0 Å². The van der Waals surface area contributed by atoms with Crippen molar-refractivity contribution in [1.82, 2.24) is 5.43 Å². The lowest BCUT2D eigenvalue weighted by Crippen LogP contribution is -2.17. The van der Waals surface area contributed by atoms with E-state index in [-0.39, 0.29) is 5.91 Å². The fourth-order valence-corrected chi connectivity index (χ4v) is 2.35. The number of nitrogens with one attached hydrogen (secondary N) is 1. The average molecular weight is 363 g/mol. The molecule has 0 aromatic heterocycles. The van der Waals surface area contributed by atoms with Gasteiger partial charge in [0.1, 0.15) is 11.5 Å². The molecule has 1 amide bonds. The summed E-state index contributed by atoms with van der Waals surface area (Å²) in [5.41, 5.74) is 3.73. The minimum Gasteiger partial charge on any atom is -0.496 e. The van der Waals surface area contributed by atoms with E-state index in [1.807, 2.05) is 24.3 Å². The molecule has 0 atom stereocenters.